The highest BCUT2D eigenvalue weighted by Gasteiger charge is 2.46. The molecule has 106 valence electrons. The summed E-state index contributed by atoms with van der Waals surface area (Å²) < 4.78 is 59.4. The van der Waals surface area contributed by atoms with Crippen LogP contribution in [0.5, 0.6) is 0 Å². The molecular weight excluding hydrogens is 303 g/mol. The lowest BCUT2D eigenvalue weighted by atomic mass is 10.3. The molecule has 0 heterocycles. The number of benzene rings is 1. The molecule has 1 N–H and O–H groups in total. The Hall–Kier alpha value is -1.22. The molecule has 1 unspecified atom stereocenters. The van der Waals surface area contributed by atoms with Gasteiger partial charge in [-0.25, -0.2) is 8.42 Å². The van der Waals surface area contributed by atoms with Gasteiger partial charge in [0.25, 0.3) is 9.84 Å². The van der Waals surface area contributed by atoms with Gasteiger partial charge < -0.3 is 5.32 Å². The topological polar surface area (TPSA) is 63.2 Å². The molecule has 1 rings (SSSR count). The SMILES string of the molecule is CC(S)C(=O)Nc1cccc(S(=O)(=O)C(F)(F)F)c1. The fourth-order valence-electron chi connectivity index (χ4n) is 1.12. The first-order valence-corrected chi connectivity index (χ1v) is 6.96. The number of hydrogen-bond donors (Lipinski definition) is 2. The number of halogens is 3. The Morgan fingerprint density at radius 3 is 2.42 bits per heavy atom. The van der Waals surface area contributed by atoms with Gasteiger partial charge in [-0.1, -0.05) is 6.07 Å². The molecule has 0 radical (unpaired) electrons. The third-order valence-electron chi connectivity index (χ3n) is 2.10. The van der Waals surface area contributed by atoms with Crippen LogP contribution >= 0.6 is 12.6 Å². The summed E-state index contributed by atoms with van der Waals surface area (Å²) in [4.78, 5) is 10.4. The first-order valence-electron chi connectivity index (χ1n) is 4.96. The maximum Gasteiger partial charge on any atom is 0.501 e. The van der Waals surface area contributed by atoms with E-state index in [0.29, 0.717) is 0 Å². The van der Waals surface area contributed by atoms with Crippen molar-refractivity contribution in [1.29, 1.82) is 0 Å². The molecule has 0 aliphatic rings. The molecule has 0 fully saturated rings. The number of anilines is 1. The Balaban J connectivity index is 3.12. The molecule has 0 saturated carbocycles. The summed E-state index contributed by atoms with van der Waals surface area (Å²) in [6.07, 6.45) is 0. The summed E-state index contributed by atoms with van der Waals surface area (Å²) in [6, 6.07) is 3.94. The predicted octanol–water partition coefficient (Wildman–Crippen LogP) is 2.24. The van der Waals surface area contributed by atoms with Crippen molar-refractivity contribution < 1.29 is 26.4 Å². The van der Waals surface area contributed by atoms with Crippen LogP contribution in [-0.4, -0.2) is 25.1 Å². The summed E-state index contributed by atoms with van der Waals surface area (Å²) in [5.41, 5.74) is -5.43. The van der Waals surface area contributed by atoms with Gasteiger partial charge in [-0.2, -0.15) is 25.8 Å². The molecular formula is C10H10F3NO3S2. The average Bonchev–Trinajstić information content (AvgIpc) is 2.27. The second kappa shape index (κ2) is 5.41. The summed E-state index contributed by atoms with van der Waals surface area (Å²) in [6.45, 7) is 1.47. The van der Waals surface area contributed by atoms with Crippen molar-refractivity contribution in [3.63, 3.8) is 0 Å². The van der Waals surface area contributed by atoms with Gasteiger partial charge in [0.2, 0.25) is 5.91 Å². The molecule has 1 aromatic rings. The first kappa shape index (κ1) is 15.8. The van der Waals surface area contributed by atoms with Gasteiger partial charge in [0.15, 0.2) is 0 Å². The van der Waals surface area contributed by atoms with Gasteiger partial charge in [0.1, 0.15) is 0 Å². The molecule has 0 bridgehead atoms. The van der Waals surface area contributed by atoms with E-state index in [2.05, 4.69) is 17.9 Å². The van der Waals surface area contributed by atoms with E-state index in [4.69, 9.17) is 0 Å². The number of hydrogen-bond acceptors (Lipinski definition) is 4. The number of alkyl halides is 3. The van der Waals surface area contributed by atoms with E-state index < -0.39 is 31.4 Å². The predicted molar refractivity (Wildman–Crippen MR) is 66.8 cm³/mol. The molecule has 4 nitrogen and oxygen atoms in total. The molecule has 0 saturated heterocycles. The number of thiol groups is 1. The van der Waals surface area contributed by atoms with Crippen LogP contribution in [0.4, 0.5) is 18.9 Å². The third-order valence-corrected chi connectivity index (χ3v) is 3.81. The van der Waals surface area contributed by atoms with E-state index in [1.807, 2.05) is 0 Å². The lowest BCUT2D eigenvalue weighted by Crippen LogP contribution is -2.24. The van der Waals surface area contributed by atoms with Crippen LogP contribution in [0.15, 0.2) is 29.2 Å². The number of nitrogens with one attached hydrogen (secondary N) is 1. The quantitative estimate of drug-likeness (QED) is 0.841. The maximum atomic E-state index is 12.4. The Morgan fingerprint density at radius 2 is 1.95 bits per heavy atom. The van der Waals surface area contributed by atoms with Gasteiger partial charge in [-0.05, 0) is 25.1 Å². The van der Waals surface area contributed by atoms with Crippen molar-refractivity contribution in [1.82, 2.24) is 0 Å². The van der Waals surface area contributed by atoms with Crippen LogP contribution < -0.4 is 5.32 Å². The monoisotopic (exact) mass is 313 g/mol. The van der Waals surface area contributed by atoms with Gasteiger partial charge in [-0.15, -0.1) is 0 Å². The number of amides is 1. The molecule has 0 aliphatic carbocycles. The summed E-state index contributed by atoms with van der Waals surface area (Å²) in [5.74, 6) is -0.551. The molecule has 0 aromatic heterocycles. The molecule has 1 atom stereocenters. The third kappa shape index (κ3) is 3.63. The Morgan fingerprint density at radius 1 is 1.37 bits per heavy atom. The van der Waals surface area contributed by atoms with Crippen LogP contribution in [0, 0.1) is 0 Å². The minimum atomic E-state index is -5.43. The lowest BCUT2D eigenvalue weighted by molar-refractivity contribution is -0.115. The highest BCUT2D eigenvalue weighted by molar-refractivity contribution is 7.92. The second-order valence-electron chi connectivity index (χ2n) is 3.64. The fraction of sp³-hybridized carbons (Fsp3) is 0.300. The fourth-order valence-corrected chi connectivity index (χ4v) is 1.99. The Kier molecular flexibility index (Phi) is 4.51. The van der Waals surface area contributed by atoms with Crippen LogP contribution in [0.25, 0.3) is 0 Å². The largest absolute Gasteiger partial charge is 0.501 e. The van der Waals surface area contributed by atoms with E-state index in [0.717, 1.165) is 18.2 Å². The second-order valence-corrected chi connectivity index (χ2v) is 6.36. The summed E-state index contributed by atoms with van der Waals surface area (Å²) in [5, 5.41) is 1.58. The number of carbonyl (C=O) groups excluding carboxylic acids is 1. The molecule has 9 heteroatoms. The summed E-state index contributed by atoms with van der Waals surface area (Å²) in [7, 11) is -5.43. The molecule has 19 heavy (non-hydrogen) atoms. The Bertz CT molecular complexity index is 582. The van der Waals surface area contributed by atoms with Gasteiger partial charge in [0, 0.05) is 5.69 Å². The van der Waals surface area contributed by atoms with Crippen molar-refractivity contribution in [2.75, 3.05) is 5.32 Å². The molecule has 0 aliphatic heterocycles. The zero-order valence-electron chi connectivity index (χ0n) is 9.60. The number of rotatable bonds is 3. The summed E-state index contributed by atoms with van der Waals surface area (Å²) >= 11 is 3.84. The smallest absolute Gasteiger partial charge is 0.325 e. The van der Waals surface area contributed by atoms with Crippen LogP contribution in [0.3, 0.4) is 0 Å². The highest BCUT2D eigenvalue weighted by Crippen LogP contribution is 2.31. The van der Waals surface area contributed by atoms with Crippen LogP contribution in [0.2, 0.25) is 0 Å². The normalized spacial score (nSPS) is 13.9. The lowest BCUT2D eigenvalue weighted by Gasteiger charge is -2.11. The van der Waals surface area contributed by atoms with Gasteiger partial charge in [0.05, 0.1) is 10.1 Å². The highest BCUT2D eigenvalue weighted by atomic mass is 32.2. The molecule has 1 amide bonds. The van der Waals surface area contributed by atoms with Gasteiger partial charge >= 0.3 is 5.51 Å². The maximum absolute atomic E-state index is 12.4. The molecule has 1 aromatic carbocycles. The average molecular weight is 313 g/mol. The van der Waals surface area contributed by atoms with Crippen molar-refractivity contribution >= 4 is 34.1 Å². The van der Waals surface area contributed by atoms with E-state index >= 15 is 0 Å². The van der Waals surface area contributed by atoms with E-state index in [1.165, 1.54) is 13.0 Å². The van der Waals surface area contributed by atoms with Crippen LogP contribution in [0.1, 0.15) is 6.92 Å². The van der Waals surface area contributed by atoms with Crippen molar-refractivity contribution in [3.8, 4) is 0 Å². The van der Waals surface area contributed by atoms with Crippen LogP contribution in [-0.2, 0) is 14.6 Å². The van der Waals surface area contributed by atoms with Crippen molar-refractivity contribution in [3.05, 3.63) is 24.3 Å². The van der Waals surface area contributed by atoms with E-state index in [1.54, 1.807) is 0 Å². The van der Waals surface area contributed by atoms with E-state index in [-0.39, 0.29) is 5.69 Å². The van der Waals surface area contributed by atoms with Crippen molar-refractivity contribution in [2.24, 2.45) is 0 Å². The standard InChI is InChI=1S/C10H10F3NO3S2/c1-6(18)9(15)14-7-3-2-4-8(5-7)19(16,17)10(11,12)13/h2-6,18H,1H3,(H,14,15). The zero-order chi connectivity index (χ0) is 14.8. The number of carbonyl (C=O) groups is 1. The number of sulfone groups is 1. The Labute approximate surface area is 113 Å². The zero-order valence-corrected chi connectivity index (χ0v) is 11.3. The molecule has 0 spiro atoms. The minimum Gasteiger partial charge on any atom is -0.325 e. The van der Waals surface area contributed by atoms with Gasteiger partial charge in [-0.3, -0.25) is 4.79 Å². The minimum absolute atomic E-state index is 0.0452. The first-order chi connectivity index (χ1) is 8.55. The van der Waals surface area contributed by atoms with E-state index in [9.17, 15) is 26.4 Å². The van der Waals surface area contributed by atoms with Crippen molar-refractivity contribution in [2.45, 2.75) is 22.6 Å².